The zero-order valence-corrected chi connectivity index (χ0v) is 14.2. The number of aromatic nitrogens is 5. The summed E-state index contributed by atoms with van der Waals surface area (Å²) in [6, 6.07) is 6.96. The Labute approximate surface area is 138 Å². The Morgan fingerprint density at radius 1 is 1.17 bits per heavy atom. The molecule has 0 aliphatic heterocycles. The van der Waals surface area contributed by atoms with Crippen molar-refractivity contribution in [2.45, 2.75) is 32.1 Å². The fourth-order valence-electron chi connectivity index (χ4n) is 2.53. The van der Waals surface area contributed by atoms with E-state index in [-0.39, 0.29) is 23.0 Å². The molecule has 24 heavy (non-hydrogen) atoms. The van der Waals surface area contributed by atoms with Crippen LogP contribution < -0.4 is 5.56 Å². The Morgan fingerprint density at radius 3 is 2.67 bits per heavy atom. The fourth-order valence-corrected chi connectivity index (χ4v) is 3.91. The minimum atomic E-state index is -3.65. The Bertz CT molecular complexity index is 1050. The second kappa shape index (κ2) is 6.16. The molecule has 8 nitrogen and oxygen atoms in total. The second-order valence-corrected chi connectivity index (χ2v) is 7.36. The van der Waals surface area contributed by atoms with Crippen molar-refractivity contribution in [3.8, 4) is 0 Å². The maximum absolute atomic E-state index is 12.5. The molecule has 0 aliphatic carbocycles. The molecule has 2 heterocycles. The van der Waals surface area contributed by atoms with Crippen LogP contribution in [0.15, 0.2) is 40.5 Å². The molecule has 0 saturated carbocycles. The van der Waals surface area contributed by atoms with Crippen LogP contribution in [-0.2, 0) is 22.9 Å². The fraction of sp³-hybridized carbons (Fsp3) is 0.333. The molecule has 0 saturated heterocycles. The van der Waals surface area contributed by atoms with Gasteiger partial charge in [0, 0.05) is 13.1 Å². The summed E-state index contributed by atoms with van der Waals surface area (Å²) in [6.45, 7) is 4.00. The normalized spacial score (nSPS) is 11.9. The third-order valence-corrected chi connectivity index (χ3v) is 5.41. The van der Waals surface area contributed by atoms with Crippen LogP contribution in [0.4, 0.5) is 0 Å². The lowest BCUT2D eigenvalue weighted by molar-refractivity contribution is 0.558. The molecular weight excluding hydrogens is 330 g/mol. The van der Waals surface area contributed by atoms with E-state index in [1.54, 1.807) is 31.2 Å². The maximum Gasteiger partial charge on any atom is 0.261 e. The molecule has 1 aromatic carbocycles. The van der Waals surface area contributed by atoms with Gasteiger partial charge in [-0.2, -0.15) is 0 Å². The van der Waals surface area contributed by atoms with Crippen LogP contribution in [0.5, 0.6) is 0 Å². The van der Waals surface area contributed by atoms with E-state index in [0.29, 0.717) is 23.3 Å². The molecule has 3 rings (SSSR count). The minimum Gasteiger partial charge on any atom is -0.302 e. The van der Waals surface area contributed by atoms with E-state index < -0.39 is 9.84 Å². The van der Waals surface area contributed by atoms with Crippen molar-refractivity contribution in [2.75, 3.05) is 5.75 Å². The van der Waals surface area contributed by atoms with Crippen molar-refractivity contribution in [2.24, 2.45) is 0 Å². The summed E-state index contributed by atoms with van der Waals surface area (Å²) in [5, 5.41) is 7.98. The Hall–Kier alpha value is -2.55. The topological polar surface area (TPSA) is 99.7 Å². The zero-order valence-electron chi connectivity index (χ0n) is 13.4. The van der Waals surface area contributed by atoms with Crippen LogP contribution in [0.2, 0.25) is 0 Å². The Kier molecular flexibility index (Phi) is 4.18. The first kappa shape index (κ1) is 16.3. The smallest absolute Gasteiger partial charge is 0.261 e. The van der Waals surface area contributed by atoms with Crippen molar-refractivity contribution in [3.63, 3.8) is 0 Å². The first-order valence-electron chi connectivity index (χ1n) is 7.51. The van der Waals surface area contributed by atoms with Crippen LogP contribution in [0.25, 0.3) is 10.9 Å². The highest BCUT2D eigenvalue weighted by Gasteiger charge is 2.23. The van der Waals surface area contributed by atoms with Gasteiger partial charge in [0.25, 0.3) is 5.56 Å². The van der Waals surface area contributed by atoms with Crippen molar-refractivity contribution in [3.05, 3.63) is 46.8 Å². The van der Waals surface area contributed by atoms with Crippen LogP contribution in [0.3, 0.4) is 0 Å². The van der Waals surface area contributed by atoms with Crippen LogP contribution >= 0.6 is 0 Å². The summed E-state index contributed by atoms with van der Waals surface area (Å²) >= 11 is 0. The molecule has 0 spiro atoms. The first-order valence-corrected chi connectivity index (χ1v) is 9.16. The molecule has 2 aromatic heterocycles. The summed E-state index contributed by atoms with van der Waals surface area (Å²) in [5.74, 6) is 0.297. The Balaban J connectivity index is 1.90. The summed E-state index contributed by atoms with van der Waals surface area (Å²) in [6.07, 6.45) is 1.37. The van der Waals surface area contributed by atoms with Crippen molar-refractivity contribution in [1.29, 1.82) is 0 Å². The molecule has 0 fully saturated rings. The largest absolute Gasteiger partial charge is 0.302 e. The van der Waals surface area contributed by atoms with Gasteiger partial charge in [0.15, 0.2) is 0 Å². The van der Waals surface area contributed by atoms with Gasteiger partial charge < -0.3 is 4.57 Å². The predicted molar refractivity (Wildman–Crippen MR) is 88.5 cm³/mol. The van der Waals surface area contributed by atoms with Crippen molar-refractivity contribution < 1.29 is 8.42 Å². The molecule has 0 radical (unpaired) electrons. The van der Waals surface area contributed by atoms with Gasteiger partial charge in [-0.05, 0) is 26.0 Å². The van der Waals surface area contributed by atoms with E-state index >= 15 is 0 Å². The average molecular weight is 347 g/mol. The molecular formula is C15H17N5O3S. The third kappa shape index (κ3) is 2.82. The van der Waals surface area contributed by atoms with E-state index in [1.807, 2.05) is 6.92 Å². The minimum absolute atomic E-state index is 0.00855. The number of sulfone groups is 1. The molecule has 0 bridgehead atoms. The third-order valence-electron chi connectivity index (χ3n) is 3.83. The maximum atomic E-state index is 12.5. The molecule has 0 atom stereocenters. The summed E-state index contributed by atoms with van der Waals surface area (Å²) in [7, 11) is -3.65. The molecule has 9 heteroatoms. The lowest BCUT2D eigenvalue weighted by Gasteiger charge is -2.08. The van der Waals surface area contributed by atoms with E-state index in [1.165, 1.54) is 15.5 Å². The van der Waals surface area contributed by atoms with Gasteiger partial charge in [0.05, 0.1) is 23.0 Å². The molecule has 0 aliphatic rings. The SMILES string of the molecule is CCn1c(C)nnc1S(=O)(=O)CCn1cnc2ccccc2c1=O. The molecule has 0 N–H and O–H groups in total. The van der Waals surface area contributed by atoms with Gasteiger partial charge in [0.1, 0.15) is 5.82 Å². The van der Waals surface area contributed by atoms with Gasteiger partial charge in [-0.3, -0.25) is 9.36 Å². The lowest BCUT2D eigenvalue weighted by Crippen LogP contribution is -2.25. The van der Waals surface area contributed by atoms with Gasteiger partial charge in [0.2, 0.25) is 15.0 Å². The number of fused-ring (bicyclic) bond motifs is 1. The lowest BCUT2D eigenvalue weighted by atomic mass is 10.2. The van der Waals surface area contributed by atoms with Crippen molar-refractivity contribution in [1.82, 2.24) is 24.3 Å². The number of nitrogens with zero attached hydrogens (tertiary/aromatic N) is 5. The Morgan fingerprint density at radius 2 is 1.92 bits per heavy atom. The highest BCUT2D eigenvalue weighted by molar-refractivity contribution is 7.91. The van der Waals surface area contributed by atoms with Gasteiger partial charge in [-0.1, -0.05) is 12.1 Å². The van der Waals surface area contributed by atoms with E-state index in [0.717, 1.165) is 0 Å². The van der Waals surface area contributed by atoms with Crippen LogP contribution in [0.1, 0.15) is 12.7 Å². The monoisotopic (exact) mass is 347 g/mol. The van der Waals surface area contributed by atoms with E-state index in [4.69, 9.17) is 0 Å². The van der Waals surface area contributed by atoms with Gasteiger partial charge in [-0.25, -0.2) is 13.4 Å². The summed E-state index contributed by atoms with van der Waals surface area (Å²) < 4.78 is 27.9. The predicted octanol–water partition coefficient (Wildman–Crippen LogP) is 0.790. The molecule has 0 amide bonds. The second-order valence-electron chi connectivity index (χ2n) is 5.35. The first-order chi connectivity index (χ1) is 11.4. The number of rotatable bonds is 5. The molecule has 126 valence electrons. The number of hydrogen-bond acceptors (Lipinski definition) is 6. The molecule has 0 unspecified atom stereocenters. The summed E-state index contributed by atoms with van der Waals surface area (Å²) in [5.41, 5.74) is 0.326. The van der Waals surface area contributed by atoms with Crippen LogP contribution in [-0.4, -0.2) is 38.5 Å². The van der Waals surface area contributed by atoms with Crippen LogP contribution in [0, 0.1) is 6.92 Å². The highest BCUT2D eigenvalue weighted by atomic mass is 32.2. The standard InChI is InChI=1S/C15H17N5O3S/c1-3-20-11(2)17-18-15(20)24(22,23)9-8-19-10-16-13-7-5-4-6-12(13)14(19)21/h4-7,10H,3,8-9H2,1-2H3. The number of benzene rings is 1. The number of aryl methyl sites for hydroxylation is 2. The van der Waals surface area contributed by atoms with E-state index in [9.17, 15) is 13.2 Å². The zero-order chi connectivity index (χ0) is 17.3. The van der Waals surface area contributed by atoms with Gasteiger partial charge in [-0.15, -0.1) is 10.2 Å². The summed E-state index contributed by atoms with van der Waals surface area (Å²) in [4.78, 5) is 16.6. The number of hydrogen-bond donors (Lipinski definition) is 0. The number of para-hydroxylation sites is 1. The van der Waals surface area contributed by atoms with E-state index in [2.05, 4.69) is 15.2 Å². The van der Waals surface area contributed by atoms with Gasteiger partial charge >= 0.3 is 0 Å². The average Bonchev–Trinajstić information content (AvgIpc) is 2.96. The quantitative estimate of drug-likeness (QED) is 0.676. The van der Waals surface area contributed by atoms with Crippen molar-refractivity contribution >= 4 is 20.7 Å². The highest BCUT2D eigenvalue weighted by Crippen LogP contribution is 2.11. The molecule has 3 aromatic rings.